The van der Waals surface area contributed by atoms with Crippen molar-refractivity contribution >= 4 is 48.4 Å². The van der Waals surface area contributed by atoms with Crippen molar-refractivity contribution in [1.29, 1.82) is 0 Å². The van der Waals surface area contributed by atoms with E-state index in [9.17, 15) is 9.59 Å². The molecule has 29 heavy (non-hydrogen) atoms. The van der Waals surface area contributed by atoms with E-state index in [0.717, 1.165) is 43.2 Å². The molecular formula is C20H32Cl2N4O2S. The summed E-state index contributed by atoms with van der Waals surface area (Å²) in [4.78, 5) is 26.6. The number of hydrogen-bond donors (Lipinski definition) is 3. The molecular weight excluding hydrogens is 431 g/mol. The number of benzene rings is 1. The van der Waals surface area contributed by atoms with Gasteiger partial charge in [0.25, 0.3) is 5.91 Å². The first-order valence-electron chi connectivity index (χ1n) is 9.88. The van der Waals surface area contributed by atoms with E-state index in [4.69, 9.17) is 0 Å². The van der Waals surface area contributed by atoms with Gasteiger partial charge in [-0.2, -0.15) is 11.8 Å². The largest absolute Gasteiger partial charge is 0.352 e. The molecule has 1 aromatic carbocycles. The van der Waals surface area contributed by atoms with Crippen molar-refractivity contribution in [1.82, 2.24) is 20.9 Å². The molecule has 3 rings (SSSR count). The second-order valence-corrected chi connectivity index (χ2v) is 8.36. The van der Waals surface area contributed by atoms with Crippen LogP contribution in [0.3, 0.4) is 0 Å². The SMILES string of the molecule is Cl.Cl.O=C(CC1CSCCN1)NCc1ccc(C(=O)NCCN2CCCC2)cc1. The molecule has 1 aromatic rings. The fourth-order valence-electron chi connectivity index (χ4n) is 3.46. The lowest BCUT2D eigenvalue weighted by atomic mass is 10.1. The average Bonchev–Trinajstić information content (AvgIpc) is 3.21. The van der Waals surface area contributed by atoms with Gasteiger partial charge in [-0.25, -0.2) is 0 Å². The third-order valence-electron chi connectivity index (χ3n) is 5.05. The highest BCUT2D eigenvalue weighted by molar-refractivity contribution is 7.99. The monoisotopic (exact) mass is 462 g/mol. The van der Waals surface area contributed by atoms with Crippen LogP contribution in [0, 0.1) is 0 Å². The molecule has 2 aliphatic heterocycles. The molecule has 2 heterocycles. The van der Waals surface area contributed by atoms with E-state index >= 15 is 0 Å². The summed E-state index contributed by atoms with van der Waals surface area (Å²) in [7, 11) is 0. The van der Waals surface area contributed by atoms with Gasteiger partial charge < -0.3 is 20.9 Å². The zero-order chi connectivity index (χ0) is 18.9. The Hall–Kier alpha value is -0.990. The minimum absolute atomic E-state index is 0. The molecule has 1 unspecified atom stereocenters. The molecule has 3 N–H and O–H groups in total. The Morgan fingerprint density at radius 2 is 1.83 bits per heavy atom. The Kier molecular flexibility index (Phi) is 12.7. The molecule has 0 radical (unpaired) electrons. The number of carbonyl (C=O) groups excluding carboxylic acids is 2. The van der Waals surface area contributed by atoms with E-state index < -0.39 is 0 Å². The summed E-state index contributed by atoms with van der Waals surface area (Å²) in [5, 5.41) is 9.32. The predicted molar refractivity (Wildman–Crippen MR) is 125 cm³/mol. The fourth-order valence-corrected chi connectivity index (χ4v) is 4.41. The van der Waals surface area contributed by atoms with Crippen molar-refractivity contribution in [2.24, 2.45) is 0 Å². The van der Waals surface area contributed by atoms with Crippen molar-refractivity contribution in [3.05, 3.63) is 35.4 Å². The summed E-state index contributed by atoms with van der Waals surface area (Å²) in [6, 6.07) is 7.74. The van der Waals surface area contributed by atoms with Crippen LogP contribution in [0.15, 0.2) is 24.3 Å². The van der Waals surface area contributed by atoms with Gasteiger partial charge in [0, 0.05) is 55.7 Å². The Morgan fingerprint density at radius 1 is 1.10 bits per heavy atom. The van der Waals surface area contributed by atoms with Gasteiger partial charge in [0.1, 0.15) is 0 Å². The van der Waals surface area contributed by atoms with E-state index in [0.29, 0.717) is 25.1 Å². The Balaban J connectivity index is 0.00000210. The predicted octanol–water partition coefficient (Wildman–Crippen LogP) is 2.07. The van der Waals surface area contributed by atoms with Crippen LogP contribution >= 0.6 is 36.6 Å². The maximum Gasteiger partial charge on any atom is 0.251 e. The lowest BCUT2D eigenvalue weighted by Gasteiger charge is -2.22. The van der Waals surface area contributed by atoms with Crippen molar-refractivity contribution in [2.75, 3.05) is 44.2 Å². The highest BCUT2D eigenvalue weighted by atomic mass is 35.5. The van der Waals surface area contributed by atoms with Gasteiger partial charge in [-0.3, -0.25) is 9.59 Å². The highest BCUT2D eigenvalue weighted by Gasteiger charge is 2.16. The number of hydrogen-bond acceptors (Lipinski definition) is 5. The van der Waals surface area contributed by atoms with Gasteiger partial charge in [0.2, 0.25) is 5.91 Å². The molecule has 6 nitrogen and oxygen atoms in total. The smallest absolute Gasteiger partial charge is 0.251 e. The molecule has 2 amide bonds. The van der Waals surface area contributed by atoms with E-state index in [1.54, 1.807) is 0 Å². The third-order valence-corrected chi connectivity index (χ3v) is 6.18. The molecule has 0 aliphatic carbocycles. The summed E-state index contributed by atoms with van der Waals surface area (Å²) in [5.41, 5.74) is 1.66. The lowest BCUT2D eigenvalue weighted by Crippen LogP contribution is -2.41. The van der Waals surface area contributed by atoms with Gasteiger partial charge in [0.15, 0.2) is 0 Å². The standard InChI is InChI=1S/C20H30N4O2S.2ClH/c25-19(13-18-15-27-12-8-21-18)23-14-16-3-5-17(6-4-16)20(26)22-7-11-24-9-1-2-10-24;;/h3-6,18,21H,1-2,7-15H2,(H,22,26)(H,23,25);2*1H. The van der Waals surface area contributed by atoms with E-state index in [1.807, 2.05) is 36.0 Å². The minimum atomic E-state index is -0.0364. The normalized spacial score (nSPS) is 19.0. The molecule has 2 aliphatic rings. The van der Waals surface area contributed by atoms with Gasteiger partial charge in [0.05, 0.1) is 0 Å². The Morgan fingerprint density at radius 3 is 2.48 bits per heavy atom. The molecule has 0 spiro atoms. The topological polar surface area (TPSA) is 73.5 Å². The first kappa shape index (κ1) is 26.0. The molecule has 1 atom stereocenters. The zero-order valence-electron chi connectivity index (χ0n) is 16.7. The number of thioether (sulfide) groups is 1. The van der Waals surface area contributed by atoms with Gasteiger partial charge >= 0.3 is 0 Å². The average molecular weight is 463 g/mol. The van der Waals surface area contributed by atoms with Crippen LogP contribution in [0.25, 0.3) is 0 Å². The van der Waals surface area contributed by atoms with Crippen LogP contribution in [0.5, 0.6) is 0 Å². The number of likely N-dealkylation sites (tertiary alicyclic amines) is 1. The van der Waals surface area contributed by atoms with Crippen LogP contribution in [0.1, 0.15) is 35.2 Å². The van der Waals surface area contributed by atoms with E-state index in [2.05, 4.69) is 20.9 Å². The van der Waals surface area contributed by atoms with Crippen LogP contribution in [0.2, 0.25) is 0 Å². The quantitative estimate of drug-likeness (QED) is 0.551. The molecule has 2 saturated heterocycles. The first-order valence-corrected chi connectivity index (χ1v) is 11.0. The summed E-state index contributed by atoms with van der Waals surface area (Å²) in [6.07, 6.45) is 3.05. The summed E-state index contributed by atoms with van der Waals surface area (Å²) >= 11 is 1.89. The Bertz CT molecular complexity index is 621. The van der Waals surface area contributed by atoms with E-state index in [-0.39, 0.29) is 42.7 Å². The van der Waals surface area contributed by atoms with Crippen molar-refractivity contribution in [2.45, 2.75) is 31.8 Å². The second-order valence-electron chi connectivity index (χ2n) is 7.21. The van der Waals surface area contributed by atoms with Gasteiger partial charge in [-0.1, -0.05) is 12.1 Å². The molecule has 2 fully saturated rings. The molecule has 164 valence electrons. The number of halogens is 2. The number of amides is 2. The van der Waals surface area contributed by atoms with Gasteiger partial charge in [-0.15, -0.1) is 24.8 Å². The maximum atomic E-state index is 12.2. The minimum Gasteiger partial charge on any atom is -0.352 e. The highest BCUT2D eigenvalue weighted by Crippen LogP contribution is 2.10. The summed E-state index contributed by atoms with van der Waals surface area (Å²) < 4.78 is 0. The number of carbonyl (C=O) groups is 2. The lowest BCUT2D eigenvalue weighted by molar-refractivity contribution is -0.121. The number of rotatable bonds is 8. The molecule has 0 bridgehead atoms. The molecule has 9 heteroatoms. The summed E-state index contributed by atoms with van der Waals surface area (Å²) in [6.45, 7) is 5.37. The third kappa shape index (κ3) is 9.13. The second kappa shape index (κ2) is 14.1. The van der Waals surface area contributed by atoms with Crippen molar-refractivity contribution < 1.29 is 9.59 Å². The zero-order valence-corrected chi connectivity index (χ0v) is 19.1. The summed E-state index contributed by atoms with van der Waals surface area (Å²) in [5.74, 6) is 2.15. The maximum absolute atomic E-state index is 12.2. The van der Waals surface area contributed by atoms with Crippen LogP contribution in [-0.4, -0.2) is 67.0 Å². The van der Waals surface area contributed by atoms with E-state index in [1.165, 1.54) is 12.8 Å². The number of nitrogens with zero attached hydrogens (tertiary/aromatic N) is 1. The van der Waals surface area contributed by atoms with Crippen molar-refractivity contribution in [3.8, 4) is 0 Å². The first-order chi connectivity index (χ1) is 13.2. The van der Waals surface area contributed by atoms with Crippen molar-refractivity contribution in [3.63, 3.8) is 0 Å². The number of nitrogens with one attached hydrogen (secondary N) is 3. The molecule has 0 saturated carbocycles. The van der Waals surface area contributed by atoms with Gasteiger partial charge in [-0.05, 0) is 43.6 Å². The Labute approximate surface area is 190 Å². The van der Waals surface area contributed by atoms with Crippen LogP contribution in [0.4, 0.5) is 0 Å². The van der Waals surface area contributed by atoms with Crippen LogP contribution in [-0.2, 0) is 11.3 Å². The van der Waals surface area contributed by atoms with Crippen LogP contribution < -0.4 is 16.0 Å². The fraction of sp³-hybridized carbons (Fsp3) is 0.600. The molecule has 0 aromatic heterocycles.